The predicted octanol–water partition coefficient (Wildman–Crippen LogP) is 3.50. The summed E-state index contributed by atoms with van der Waals surface area (Å²) in [6.45, 7) is 0.261. The van der Waals surface area contributed by atoms with Crippen molar-refractivity contribution in [2.75, 3.05) is 18.9 Å². The van der Waals surface area contributed by atoms with Crippen LogP contribution in [0.25, 0.3) is 0 Å². The normalized spacial score (nSPS) is 11.0. The highest BCUT2D eigenvalue weighted by molar-refractivity contribution is 7.94. The van der Waals surface area contributed by atoms with E-state index in [2.05, 4.69) is 10.0 Å². The number of benzene rings is 2. The van der Waals surface area contributed by atoms with Gasteiger partial charge in [-0.1, -0.05) is 12.1 Å². The van der Waals surface area contributed by atoms with E-state index in [1.54, 1.807) is 62.1 Å². The average molecular weight is 433 g/mol. The maximum absolute atomic E-state index is 12.5. The van der Waals surface area contributed by atoms with Crippen LogP contribution in [0, 0.1) is 0 Å². The van der Waals surface area contributed by atoms with E-state index in [0.717, 1.165) is 16.9 Å². The number of amides is 1. The molecule has 1 heterocycles. The van der Waals surface area contributed by atoms with Crippen molar-refractivity contribution in [1.29, 1.82) is 0 Å². The molecule has 0 radical (unpaired) electrons. The predicted molar refractivity (Wildman–Crippen MR) is 112 cm³/mol. The molecule has 2 N–H and O–H groups in total. The summed E-state index contributed by atoms with van der Waals surface area (Å²) in [5.74, 6) is 0.918. The molecule has 0 saturated carbocycles. The van der Waals surface area contributed by atoms with Gasteiger partial charge in [0.05, 0.1) is 14.2 Å². The van der Waals surface area contributed by atoms with Gasteiger partial charge in [0, 0.05) is 23.9 Å². The largest absolute Gasteiger partial charge is 0.497 e. The van der Waals surface area contributed by atoms with Gasteiger partial charge in [-0.25, -0.2) is 8.42 Å². The average Bonchev–Trinajstić information content (AvgIpc) is 3.27. The van der Waals surface area contributed by atoms with Gasteiger partial charge >= 0.3 is 0 Å². The molecule has 3 aromatic rings. The molecule has 0 aliphatic carbocycles. The van der Waals surface area contributed by atoms with Gasteiger partial charge in [-0.05, 0) is 47.3 Å². The molecule has 29 heavy (non-hydrogen) atoms. The minimum Gasteiger partial charge on any atom is -0.497 e. The zero-order valence-electron chi connectivity index (χ0n) is 15.8. The van der Waals surface area contributed by atoms with Crippen molar-refractivity contribution in [2.45, 2.75) is 10.8 Å². The van der Waals surface area contributed by atoms with Crippen molar-refractivity contribution in [1.82, 2.24) is 5.32 Å². The van der Waals surface area contributed by atoms with Crippen LogP contribution in [-0.4, -0.2) is 28.5 Å². The first-order valence-electron chi connectivity index (χ1n) is 8.58. The fraction of sp³-hybridized carbons (Fsp3) is 0.150. The second-order valence-electron chi connectivity index (χ2n) is 6.02. The fourth-order valence-corrected chi connectivity index (χ4v) is 4.64. The van der Waals surface area contributed by atoms with Crippen molar-refractivity contribution in [2.24, 2.45) is 0 Å². The third-order valence-electron chi connectivity index (χ3n) is 4.00. The van der Waals surface area contributed by atoms with Gasteiger partial charge in [0.25, 0.3) is 15.9 Å². The lowest BCUT2D eigenvalue weighted by Crippen LogP contribution is -2.23. The molecule has 0 aliphatic heterocycles. The van der Waals surface area contributed by atoms with Crippen molar-refractivity contribution in [3.8, 4) is 11.5 Å². The van der Waals surface area contributed by atoms with E-state index in [-0.39, 0.29) is 16.7 Å². The van der Waals surface area contributed by atoms with Crippen LogP contribution < -0.4 is 19.5 Å². The Morgan fingerprint density at radius 3 is 2.34 bits per heavy atom. The van der Waals surface area contributed by atoms with Crippen molar-refractivity contribution in [3.05, 3.63) is 71.1 Å². The Balaban J connectivity index is 1.70. The van der Waals surface area contributed by atoms with E-state index in [1.807, 2.05) is 0 Å². The number of ether oxygens (including phenoxy) is 2. The summed E-state index contributed by atoms with van der Waals surface area (Å²) in [7, 11) is -0.563. The summed E-state index contributed by atoms with van der Waals surface area (Å²) < 4.78 is 37.8. The standard InChI is InChI=1S/C20H20N2O5S2/c1-26-17-9-14(10-18(12-17)27-2)13-21-20(23)15-5-3-6-16(11-15)22-29(24,25)19-7-4-8-28-19/h3-12,22H,13H2,1-2H3,(H,21,23). The number of sulfonamides is 1. The van der Waals surface area contributed by atoms with Crippen LogP contribution in [0.15, 0.2) is 64.2 Å². The molecule has 1 amide bonds. The van der Waals surface area contributed by atoms with Gasteiger partial charge in [0.15, 0.2) is 0 Å². The van der Waals surface area contributed by atoms with Crippen LogP contribution in [0.3, 0.4) is 0 Å². The van der Waals surface area contributed by atoms with E-state index in [9.17, 15) is 13.2 Å². The van der Waals surface area contributed by atoms with Gasteiger partial charge < -0.3 is 14.8 Å². The van der Waals surface area contributed by atoms with Gasteiger partial charge in [0.2, 0.25) is 0 Å². The first-order chi connectivity index (χ1) is 13.9. The smallest absolute Gasteiger partial charge is 0.271 e. The van der Waals surface area contributed by atoms with Crippen molar-refractivity contribution in [3.63, 3.8) is 0 Å². The Hall–Kier alpha value is -3.04. The molecule has 2 aromatic carbocycles. The maximum atomic E-state index is 12.5. The second-order valence-corrected chi connectivity index (χ2v) is 8.88. The minimum atomic E-state index is -3.67. The van der Waals surface area contributed by atoms with Crippen molar-refractivity contribution < 1.29 is 22.7 Å². The summed E-state index contributed by atoms with van der Waals surface area (Å²) in [5.41, 5.74) is 1.46. The quantitative estimate of drug-likeness (QED) is 0.568. The van der Waals surface area contributed by atoms with Crippen LogP contribution in [-0.2, 0) is 16.6 Å². The first kappa shape index (κ1) is 20.7. The Bertz CT molecular complexity index is 1070. The molecule has 0 saturated heterocycles. The topological polar surface area (TPSA) is 93.7 Å². The number of anilines is 1. The molecule has 152 valence electrons. The molecule has 0 atom stereocenters. The number of thiophene rings is 1. The number of carbonyl (C=O) groups excluding carboxylic acids is 1. The lowest BCUT2D eigenvalue weighted by molar-refractivity contribution is 0.0951. The SMILES string of the molecule is COc1cc(CNC(=O)c2cccc(NS(=O)(=O)c3cccs3)c2)cc(OC)c1. The highest BCUT2D eigenvalue weighted by Gasteiger charge is 2.16. The Morgan fingerprint density at radius 2 is 1.72 bits per heavy atom. The molecule has 7 nitrogen and oxygen atoms in total. The third-order valence-corrected chi connectivity index (χ3v) is 6.78. The third kappa shape index (κ3) is 5.27. The first-order valence-corrected chi connectivity index (χ1v) is 10.9. The number of rotatable bonds is 8. The zero-order valence-corrected chi connectivity index (χ0v) is 17.5. The Morgan fingerprint density at radius 1 is 1.00 bits per heavy atom. The molecule has 0 aliphatic rings. The second kappa shape index (κ2) is 8.97. The minimum absolute atomic E-state index is 0.208. The van der Waals surface area contributed by atoms with Crippen LogP contribution in [0.1, 0.15) is 15.9 Å². The zero-order chi connectivity index (χ0) is 20.9. The molecule has 9 heteroatoms. The number of carbonyl (C=O) groups is 1. The lowest BCUT2D eigenvalue weighted by atomic mass is 10.1. The molecule has 0 bridgehead atoms. The number of methoxy groups -OCH3 is 2. The molecule has 0 unspecified atom stereocenters. The van der Waals surface area contributed by atoms with Gasteiger partial charge in [-0.3, -0.25) is 9.52 Å². The number of nitrogens with one attached hydrogen (secondary N) is 2. The summed E-state index contributed by atoms with van der Waals surface area (Å²) in [6, 6.07) is 14.8. The molecular formula is C20H20N2O5S2. The van der Waals surface area contributed by atoms with Crippen LogP contribution in [0.2, 0.25) is 0 Å². The van der Waals surface area contributed by atoms with E-state index < -0.39 is 10.0 Å². The Labute approximate surface area is 173 Å². The monoisotopic (exact) mass is 432 g/mol. The lowest BCUT2D eigenvalue weighted by Gasteiger charge is -2.11. The highest BCUT2D eigenvalue weighted by atomic mass is 32.2. The van der Waals surface area contributed by atoms with Crippen LogP contribution in [0.5, 0.6) is 11.5 Å². The van der Waals surface area contributed by atoms with Gasteiger partial charge in [-0.15, -0.1) is 11.3 Å². The Kier molecular flexibility index (Phi) is 6.40. The number of hydrogen-bond acceptors (Lipinski definition) is 6. The van der Waals surface area contributed by atoms with E-state index in [0.29, 0.717) is 22.7 Å². The molecule has 3 rings (SSSR count). The molecular weight excluding hydrogens is 412 g/mol. The summed E-state index contributed by atoms with van der Waals surface area (Å²) in [4.78, 5) is 12.5. The van der Waals surface area contributed by atoms with Crippen LogP contribution in [0.4, 0.5) is 5.69 Å². The highest BCUT2D eigenvalue weighted by Crippen LogP contribution is 2.23. The molecule has 0 fully saturated rings. The van der Waals surface area contributed by atoms with Crippen molar-refractivity contribution >= 4 is 33.0 Å². The van der Waals surface area contributed by atoms with Gasteiger partial charge in [0.1, 0.15) is 15.7 Å². The summed E-state index contributed by atoms with van der Waals surface area (Å²) in [5, 5.41) is 4.50. The van der Waals surface area contributed by atoms with E-state index in [1.165, 1.54) is 12.1 Å². The van der Waals surface area contributed by atoms with Gasteiger partial charge in [-0.2, -0.15) is 0 Å². The van der Waals surface area contributed by atoms with E-state index in [4.69, 9.17) is 9.47 Å². The van der Waals surface area contributed by atoms with E-state index >= 15 is 0 Å². The summed E-state index contributed by atoms with van der Waals surface area (Å²) >= 11 is 1.12. The molecule has 1 aromatic heterocycles. The fourth-order valence-electron chi connectivity index (χ4n) is 2.60. The summed E-state index contributed by atoms with van der Waals surface area (Å²) in [6.07, 6.45) is 0. The number of hydrogen-bond donors (Lipinski definition) is 2. The van der Waals surface area contributed by atoms with Crippen LogP contribution >= 0.6 is 11.3 Å². The molecule has 0 spiro atoms. The maximum Gasteiger partial charge on any atom is 0.271 e.